The van der Waals surface area contributed by atoms with Gasteiger partial charge in [0.05, 0.1) is 21.4 Å². The van der Waals surface area contributed by atoms with Crippen LogP contribution in [-0.2, 0) is 28.4 Å². The van der Waals surface area contributed by atoms with Crippen LogP contribution in [-0.4, -0.2) is 56.8 Å². The fourth-order valence-corrected chi connectivity index (χ4v) is 17.1. The van der Waals surface area contributed by atoms with Gasteiger partial charge >= 0.3 is 0 Å². The Morgan fingerprint density at radius 3 is 1.34 bits per heavy atom. The second-order valence-electron chi connectivity index (χ2n) is 13.5. The zero-order valence-corrected chi connectivity index (χ0v) is 24.2. The van der Waals surface area contributed by atoms with Crippen LogP contribution in [0.2, 0.25) is 0 Å². The lowest BCUT2D eigenvalue weighted by molar-refractivity contribution is -0.469. The summed E-state index contributed by atoms with van der Waals surface area (Å²) in [6.45, 7) is 17.6. The average Bonchev–Trinajstić information content (AvgIpc) is 3.02. The molecule has 8 unspecified atom stereocenters. The summed E-state index contributed by atoms with van der Waals surface area (Å²) in [6.07, 6.45) is 11.0. The van der Waals surface area contributed by atoms with Gasteiger partial charge in [0.2, 0.25) is 0 Å². The van der Waals surface area contributed by atoms with Gasteiger partial charge in [0.25, 0.3) is 0 Å². The van der Waals surface area contributed by atoms with E-state index in [2.05, 4.69) is 67.5 Å². The summed E-state index contributed by atoms with van der Waals surface area (Å²) in [5.41, 5.74) is 3.05. The van der Waals surface area contributed by atoms with Gasteiger partial charge in [-0.25, -0.2) is 0 Å². The molecule has 194 valence electrons. The molecule has 0 saturated carbocycles. The molecule has 0 aromatic heterocycles. The third-order valence-corrected chi connectivity index (χ3v) is 16.2. The molecule has 8 saturated heterocycles. The molecule has 6 nitrogen and oxygen atoms in total. The first-order valence-electron chi connectivity index (χ1n) is 13.1. The molecule has 0 radical (unpaired) electrons. The average molecular weight is 523 g/mol. The van der Waals surface area contributed by atoms with Gasteiger partial charge in [-0.1, -0.05) is 17.7 Å². The highest BCUT2D eigenvalue weighted by atomic mass is 31.1. The van der Waals surface area contributed by atoms with E-state index in [0.717, 1.165) is 44.4 Å². The van der Waals surface area contributed by atoms with E-state index in [1.54, 1.807) is 5.57 Å². The molecule has 0 spiro atoms. The van der Waals surface area contributed by atoms with Gasteiger partial charge in [-0.2, -0.15) is 0 Å². The second kappa shape index (κ2) is 6.62. The molecule has 9 rings (SSSR count). The molecular formula is C27H40O6P2. The van der Waals surface area contributed by atoms with E-state index in [-0.39, 0.29) is 21.4 Å². The fraction of sp³-hybridized carbons (Fsp3) is 0.852. The van der Waals surface area contributed by atoms with Crippen LogP contribution in [0.1, 0.15) is 87.5 Å². The Bertz CT molecular complexity index is 980. The van der Waals surface area contributed by atoms with Crippen molar-refractivity contribution in [2.75, 3.05) is 12.3 Å². The summed E-state index contributed by atoms with van der Waals surface area (Å²) < 4.78 is 39.3. The van der Waals surface area contributed by atoms with Gasteiger partial charge in [0.1, 0.15) is 0 Å². The molecule has 9 aliphatic rings. The quantitative estimate of drug-likeness (QED) is 0.384. The molecule has 8 fully saturated rings. The lowest BCUT2D eigenvalue weighted by Crippen LogP contribution is -2.71. The Labute approximate surface area is 211 Å². The zero-order chi connectivity index (χ0) is 24.9. The van der Waals surface area contributed by atoms with Crippen molar-refractivity contribution in [2.24, 2.45) is 0 Å². The Hall–Kier alpha value is 0.100. The summed E-state index contributed by atoms with van der Waals surface area (Å²) >= 11 is 0. The van der Waals surface area contributed by atoms with E-state index in [1.807, 2.05) is 0 Å². The van der Waals surface area contributed by atoms with Gasteiger partial charge in [0.15, 0.2) is 23.1 Å². The standard InChI is InChI=1S/C27H40O6P2/c1-20-14-24(5)31-21(2,28-20)15-25(6,30-20)34(24)12-18-10-9-11-19(18)13-35-26(7)16-22(3)29-23(4,33-26)17-27(35,8)32-22/h9-10H,11-17H2,1-8H3. The van der Waals surface area contributed by atoms with Gasteiger partial charge in [-0.3, -0.25) is 0 Å². The predicted octanol–water partition coefficient (Wildman–Crippen LogP) is 6.68. The monoisotopic (exact) mass is 522 g/mol. The molecule has 0 aromatic rings. The van der Waals surface area contributed by atoms with Crippen LogP contribution in [0, 0.1) is 0 Å². The van der Waals surface area contributed by atoms with E-state index in [4.69, 9.17) is 28.4 Å². The Balaban J connectivity index is 1.19. The highest BCUT2D eigenvalue weighted by Crippen LogP contribution is 2.78. The number of hydrogen-bond donors (Lipinski definition) is 0. The minimum Gasteiger partial charge on any atom is -0.339 e. The number of ether oxygens (including phenoxy) is 6. The third kappa shape index (κ3) is 3.37. The van der Waals surface area contributed by atoms with Crippen molar-refractivity contribution in [3.8, 4) is 0 Å². The molecule has 0 amide bonds. The summed E-state index contributed by atoms with van der Waals surface area (Å²) in [5, 5.41) is -0.783. The van der Waals surface area contributed by atoms with Crippen molar-refractivity contribution >= 4 is 15.8 Å². The lowest BCUT2D eigenvalue weighted by Gasteiger charge is -2.70. The van der Waals surface area contributed by atoms with Crippen molar-refractivity contribution in [3.63, 3.8) is 0 Å². The normalized spacial score (nSPS) is 61.9. The molecule has 8 bridgehead atoms. The maximum absolute atomic E-state index is 6.70. The van der Waals surface area contributed by atoms with Crippen molar-refractivity contribution in [2.45, 2.75) is 132 Å². The minimum absolute atomic E-state index is 0.193. The lowest BCUT2D eigenvalue weighted by atomic mass is 9.98. The highest BCUT2D eigenvalue weighted by molar-refractivity contribution is 7.61. The Morgan fingerprint density at radius 2 is 0.943 bits per heavy atom. The second-order valence-corrected chi connectivity index (χ2v) is 19.6. The molecule has 1 aliphatic carbocycles. The van der Waals surface area contributed by atoms with Crippen LogP contribution in [0.5, 0.6) is 0 Å². The van der Waals surface area contributed by atoms with E-state index in [1.165, 1.54) is 5.57 Å². The van der Waals surface area contributed by atoms with E-state index >= 15 is 0 Å². The van der Waals surface area contributed by atoms with Crippen LogP contribution in [0.15, 0.2) is 23.3 Å². The predicted molar refractivity (Wildman–Crippen MR) is 137 cm³/mol. The number of hydrogen-bond acceptors (Lipinski definition) is 6. The van der Waals surface area contributed by atoms with Crippen LogP contribution < -0.4 is 0 Å². The van der Waals surface area contributed by atoms with E-state index in [0.29, 0.717) is 0 Å². The Morgan fingerprint density at radius 1 is 0.571 bits per heavy atom. The molecule has 0 aromatic carbocycles. The van der Waals surface area contributed by atoms with Crippen molar-refractivity contribution in [3.05, 3.63) is 23.3 Å². The maximum atomic E-state index is 6.70. The van der Waals surface area contributed by atoms with Crippen LogP contribution >= 0.6 is 15.8 Å². The third-order valence-electron chi connectivity index (χ3n) is 9.30. The van der Waals surface area contributed by atoms with Crippen molar-refractivity contribution < 1.29 is 28.4 Å². The molecule has 0 N–H and O–H groups in total. The Kier molecular flexibility index (Phi) is 4.57. The first-order valence-corrected chi connectivity index (χ1v) is 16.2. The topological polar surface area (TPSA) is 55.4 Å². The smallest absolute Gasteiger partial charge is 0.173 e. The highest BCUT2D eigenvalue weighted by Gasteiger charge is 2.72. The van der Waals surface area contributed by atoms with E-state index in [9.17, 15) is 0 Å². The summed E-state index contributed by atoms with van der Waals surface area (Å²) in [6, 6.07) is 0. The van der Waals surface area contributed by atoms with Gasteiger partial charge in [0, 0.05) is 25.7 Å². The van der Waals surface area contributed by atoms with Crippen LogP contribution in [0.3, 0.4) is 0 Å². The molecule has 8 atom stereocenters. The summed E-state index contributed by atoms with van der Waals surface area (Å²) in [4.78, 5) is 0. The fourth-order valence-electron chi connectivity index (χ4n) is 9.23. The SMILES string of the molecule is CC12CC3(C)OC(C)(CC(C)(O1)P3CC1=C(CP3C4(C)CC5(C)OC(C)(CC3(C)O5)O4)CC=C1)O2. The van der Waals surface area contributed by atoms with Crippen molar-refractivity contribution in [1.29, 1.82) is 0 Å². The molecular weight excluding hydrogens is 482 g/mol. The zero-order valence-electron chi connectivity index (χ0n) is 22.4. The van der Waals surface area contributed by atoms with E-state index < -0.39 is 39.0 Å². The van der Waals surface area contributed by atoms with Gasteiger partial charge in [-0.05, 0) is 95.6 Å². The first kappa shape index (κ1) is 24.2. The number of allylic oxidation sites excluding steroid dienone is 4. The van der Waals surface area contributed by atoms with Gasteiger partial charge in [-0.15, -0.1) is 0 Å². The molecule has 35 heavy (non-hydrogen) atoms. The van der Waals surface area contributed by atoms with Crippen LogP contribution in [0.25, 0.3) is 0 Å². The largest absolute Gasteiger partial charge is 0.339 e. The number of rotatable bonds is 4. The summed E-state index contributed by atoms with van der Waals surface area (Å²) in [7, 11) is -1.10. The molecule has 8 aliphatic heterocycles. The maximum Gasteiger partial charge on any atom is 0.173 e. The molecule has 8 heterocycles. The summed E-state index contributed by atoms with van der Waals surface area (Å²) in [5.74, 6) is -2.19. The van der Waals surface area contributed by atoms with Crippen LogP contribution in [0.4, 0.5) is 0 Å². The molecule has 8 heteroatoms. The van der Waals surface area contributed by atoms with Crippen molar-refractivity contribution in [1.82, 2.24) is 0 Å². The first-order chi connectivity index (χ1) is 16.0. The minimum atomic E-state index is -0.557. The van der Waals surface area contributed by atoms with Gasteiger partial charge < -0.3 is 28.4 Å².